The van der Waals surface area contributed by atoms with Crippen LogP contribution in [0.1, 0.15) is 36.8 Å². The van der Waals surface area contributed by atoms with Crippen molar-refractivity contribution in [1.82, 2.24) is 5.32 Å². The average molecular weight is 392 g/mol. The molecule has 1 aromatic heterocycles. The Bertz CT molecular complexity index is 994. The lowest BCUT2D eigenvalue weighted by Crippen LogP contribution is -2.25. The van der Waals surface area contributed by atoms with Gasteiger partial charge in [-0.25, -0.2) is 4.79 Å². The number of anilines is 1. The summed E-state index contributed by atoms with van der Waals surface area (Å²) >= 11 is 0. The number of ether oxygens (including phenoxy) is 1. The zero-order valence-corrected chi connectivity index (χ0v) is 15.8. The molecular formula is C22H20N2O5. The minimum Gasteiger partial charge on any atom is -0.465 e. The van der Waals surface area contributed by atoms with E-state index in [-0.39, 0.29) is 23.5 Å². The number of carbonyl (C=O) groups excluding carboxylic acids is 3. The molecule has 0 spiro atoms. The van der Waals surface area contributed by atoms with Gasteiger partial charge in [0.2, 0.25) is 0 Å². The van der Waals surface area contributed by atoms with Crippen molar-refractivity contribution >= 4 is 23.5 Å². The van der Waals surface area contributed by atoms with Gasteiger partial charge in [-0.3, -0.25) is 9.59 Å². The van der Waals surface area contributed by atoms with Gasteiger partial charge in [-0.2, -0.15) is 0 Å². The predicted molar refractivity (Wildman–Crippen MR) is 107 cm³/mol. The van der Waals surface area contributed by atoms with Crippen molar-refractivity contribution in [3.05, 3.63) is 89.4 Å². The summed E-state index contributed by atoms with van der Waals surface area (Å²) in [4.78, 5) is 35.9. The van der Waals surface area contributed by atoms with Crippen LogP contribution in [-0.2, 0) is 11.2 Å². The lowest BCUT2D eigenvalue weighted by molar-refractivity contribution is 0.0600. The van der Waals surface area contributed by atoms with E-state index in [0.29, 0.717) is 29.8 Å². The van der Waals surface area contributed by atoms with Gasteiger partial charge in [-0.15, -0.1) is 0 Å². The van der Waals surface area contributed by atoms with Crippen molar-refractivity contribution in [2.24, 2.45) is 0 Å². The third-order valence-electron chi connectivity index (χ3n) is 4.20. The normalized spacial score (nSPS) is 10.2. The van der Waals surface area contributed by atoms with Crippen molar-refractivity contribution in [2.75, 3.05) is 19.0 Å². The van der Waals surface area contributed by atoms with Crippen LogP contribution in [0.2, 0.25) is 0 Å². The van der Waals surface area contributed by atoms with Gasteiger partial charge in [-0.05, 0) is 54.4 Å². The van der Waals surface area contributed by atoms with E-state index < -0.39 is 0 Å². The fourth-order valence-electron chi connectivity index (χ4n) is 2.69. The summed E-state index contributed by atoms with van der Waals surface area (Å²) in [6, 6.07) is 16.9. The largest absolute Gasteiger partial charge is 0.465 e. The Morgan fingerprint density at radius 2 is 1.72 bits per heavy atom. The second-order valence-electron chi connectivity index (χ2n) is 6.21. The zero-order chi connectivity index (χ0) is 20.6. The Morgan fingerprint density at radius 1 is 0.931 bits per heavy atom. The minimum atomic E-state index is -0.386. The number of hydrogen-bond donors (Lipinski definition) is 2. The van der Waals surface area contributed by atoms with Crippen molar-refractivity contribution < 1.29 is 23.5 Å². The molecule has 1 heterocycles. The van der Waals surface area contributed by atoms with E-state index in [2.05, 4.69) is 15.4 Å². The molecule has 0 aliphatic rings. The van der Waals surface area contributed by atoms with Crippen LogP contribution in [0.25, 0.3) is 0 Å². The molecule has 0 saturated heterocycles. The Hall–Kier alpha value is -3.87. The number of esters is 1. The van der Waals surface area contributed by atoms with Crippen LogP contribution in [0, 0.1) is 0 Å². The molecule has 2 N–H and O–H groups in total. The van der Waals surface area contributed by atoms with Crippen LogP contribution in [0.4, 0.5) is 5.69 Å². The molecule has 0 bridgehead atoms. The lowest BCUT2D eigenvalue weighted by atomic mass is 10.1. The maximum Gasteiger partial charge on any atom is 0.337 e. The van der Waals surface area contributed by atoms with Crippen molar-refractivity contribution in [2.45, 2.75) is 6.42 Å². The Balaban J connectivity index is 1.53. The van der Waals surface area contributed by atoms with Gasteiger partial charge < -0.3 is 19.8 Å². The molecule has 29 heavy (non-hydrogen) atoms. The first-order valence-electron chi connectivity index (χ1n) is 8.97. The third kappa shape index (κ3) is 5.32. The molecule has 2 aromatic carbocycles. The van der Waals surface area contributed by atoms with Crippen LogP contribution in [0.5, 0.6) is 0 Å². The molecule has 0 saturated carbocycles. The Labute approximate surface area is 167 Å². The Kier molecular flexibility index (Phi) is 6.42. The molecule has 7 heteroatoms. The topological polar surface area (TPSA) is 97.6 Å². The van der Waals surface area contributed by atoms with Crippen LogP contribution < -0.4 is 10.6 Å². The van der Waals surface area contributed by atoms with E-state index in [1.807, 2.05) is 12.1 Å². The zero-order valence-electron chi connectivity index (χ0n) is 15.8. The Morgan fingerprint density at radius 3 is 2.41 bits per heavy atom. The van der Waals surface area contributed by atoms with Gasteiger partial charge in [0.25, 0.3) is 11.8 Å². The van der Waals surface area contributed by atoms with E-state index in [9.17, 15) is 14.4 Å². The monoisotopic (exact) mass is 392 g/mol. The van der Waals surface area contributed by atoms with E-state index in [1.165, 1.54) is 13.4 Å². The molecule has 7 nitrogen and oxygen atoms in total. The predicted octanol–water partition coefficient (Wildman–Crippen LogP) is 3.29. The number of hydrogen-bond acceptors (Lipinski definition) is 5. The average Bonchev–Trinajstić information content (AvgIpc) is 3.29. The fraction of sp³-hybridized carbons (Fsp3) is 0.136. The first-order chi connectivity index (χ1) is 14.1. The lowest BCUT2D eigenvalue weighted by Gasteiger charge is -2.08. The van der Waals surface area contributed by atoms with Gasteiger partial charge in [0.15, 0.2) is 5.76 Å². The summed E-state index contributed by atoms with van der Waals surface area (Å²) in [6.07, 6.45) is 2.03. The molecule has 0 atom stereocenters. The van der Waals surface area contributed by atoms with E-state index in [4.69, 9.17) is 4.42 Å². The van der Waals surface area contributed by atoms with E-state index in [1.54, 1.807) is 48.5 Å². The number of furan rings is 1. The molecule has 2 amide bonds. The number of carbonyl (C=O) groups is 3. The van der Waals surface area contributed by atoms with Gasteiger partial charge in [-0.1, -0.05) is 18.2 Å². The van der Waals surface area contributed by atoms with Crippen LogP contribution in [0.15, 0.2) is 71.3 Å². The highest BCUT2D eigenvalue weighted by molar-refractivity contribution is 6.03. The van der Waals surface area contributed by atoms with Crippen molar-refractivity contribution in [3.8, 4) is 0 Å². The summed E-state index contributed by atoms with van der Waals surface area (Å²) in [5.41, 5.74) is 2.40. The molecule has 3 aromatic rings. The summed E-state index contributed by atoms with van der Waals surface area (Å²) in [6.45, 7) is 0.430. The molecule has 148 valence electrons. The van der Waals surface area contributed by atoms with Crippen LogP contribution in [0.3, 0.4) is 0 Å². The number of amides is 2. The summed E-state index contributed by atoms with van der Waals surface area (Å²) in [5, 5.41) is 5.53. The third-order valence-corrected chi connectivity index (χ3v) is 4.20. The van der Waals surface area contributed by atoms with Gasteiger partial charge in [0.05, 0.1) is 18.9 Å². The molecule has 3 rings (SSSR count). The molecule has 0 aliphatic carbocycles. The van der Waals surface area contributed by atoms with E-state index in [0.717, 1.165) is 5.56 Å². The number of methoxy groups -OCH3 is 1. The summed E-state index contributed by atoms with van der Waals surface area (Å²) in [7, 11) is 1.34. The highest BCUT2D eigenvalue weighted by atomic mass is 16.5. The SMILES string of the molecule is COC(=O)c1ccc(CCNC(=O)c2cccc(NC(=O)c3ccco3)c2)cc1. The molecule has 0 fully saturated rings. The first-order valence-corrected chi connectivity index (χ1v) is 8.97. The quantitative estimate of drug-likeness (QED) is 0.602. The summed E-state index contributed by atoms with van der Waals surface area (Å²) in [5.74, 6) is -0.824. The molecule has 0 radical (unpaired) electrons. The maximum atomic E-state index is 12.4. The minimum absolute atomic E-state index is 0.193. The van der Waals surface area contributed by atoms with Gasteiger partial charge in [0, 0.05) is 17.8 Å². The second-order valence-corrected chi connectivity index (χ2v) is 6.21. The fourth-order valence-corrected chi connectivity index (χ4v) is 2.69. The molecule has 0 unspecified atom stereocenters. The highest BCUT2D eigenvalue weighted by Gasteiger charge is 2.11. The maximum absolute atomic E-state index is 12.4. The van der Waals surface area contributed by atoms with Gasteiger partial charge >= 0.3 is 5.97 Å². The van der Waals surface area contributed by atoms with Crippen LogP contribution >= 0.6 is 0 Å². The van der Waals surface area contributed by atoms with Crippen molar-refractivity contribution in [1.29, 1.82) is 0 Å². The molecular weight excluding hydrogens is 372 g/mol. The summed E-state index contributed by atoms with van der Waals surface area (Å²) < 4.78 is 9.72. The van der Waals surface area contributed by atoms with Crippen LogP contribution in [-0.4, -0.2) is 31.4 Å². The highest BCUT2D eigenvalue weighted by Crippen LogP contribution is 2.13. The van der Waals surface area contributed by atoms with E-state index >= 15 is 0 Å². The first kappa shape index (κ1) is 19.9. The number of nitrogens with one attached hydrogen (secondary N) is 2. The smallest absolute Gasteiger partial charge is 0.337 e. The molecule has 0 aliphatic heterocycles. The van der Waals surface area contributed by atoms with Gasteiger partial charge in [0.1, 0.15) is 0 Å². The number of benzene rings is 2. The second kappa shape index (κ2) is 9.36. The number of rotatable bonds is 7. The van der Waals surface area contributed by atoms with Crippen molar-refractivity contribution in [3.63, 3.8) is 0 Å². The standard InChI is InChI=1S/C22H20N2O5/c1-28-22(27)16-9-7-15(8-10-16)11-12-23-20(25)17-4-2-5-18(14-17)24-21(26)19-6-3-13-29-19/h2-10,13-14H,11-12H2,1H3,(H,23,25)(H,24,26).